The molecule has 3 aromatic rings. The zero-order valence-electron chi connectivity index (χ0n) is 17.6. The second kappa shape index (κ2) is 9.51. The minimum atomic E-state index is -0.451. The molecule has 1 aliphatic rings. The largest absolute Gasteiger partial charge is 0.467 e. The molecule has 0 unspecified atom stereocenters. The lowest BCUT2D eigenvalue weighted by Crippen LogP contribution is -2.43. The highest BCUT2D eigenvalue weighted by Gasteiger charge is 2.26. The maximum absolute atomic E-state index is 13.0. The predicted octanol–water partition coefficient (Wildman–Crippen LogP) is 3.45. The van der Waals surface area contributed by atoms with Crippen molar-refractivity contribution >= 4 is 17.7 Å². The molecule has 4 rings (SSSR count). The van der Waals surface area contributed by atoms with Crippen molar-refractivity contribution in [3.05, 3.63) is 80.9 Å². The number of nitrogens with one attached hydrogen (secondary N) is 2. The van der Waals surface area contributed by atoms with Crippen molar-refractivity contribution in [1.82, 2.24) is 9.55 Å². The summed E-state index contributed by atoms with van der Waals surface area (Å²) in [6.07, 6.45) is 8.55. The number of aromatic nitrogens is 2. The number of H-pyrrole nitrogens is 1. The van der Waals surface area contributed by atoms with Crippen molar-refractivity contribution in [2.75, 3.05) is 10.3 Å². The third-order valence-electron chi connectivity index (χ3n) is 5.69. The van der Waals surface area contributed by atoms with E-state index in [1.54, 1.807) is 6.26 Å². The molecular weight excluding hydrogens is 394 g/mol. The Kier molecular flexibility index (Phi) is 6.35. The monoisotopic (exact) mass is 421 g/mol. The zero-order chi connectivity index (χ0) is 21.6. The number of hydrogen-bond donors (Lipinski definition) is 2. The number of hydrazone groups is 1. The Balaban J connectivity index is 1.74. The van der Waals surface area contributed by atoms with E-state index >= 15 is 0 Å². The van der Waals surface area contributed by atoms with Crippen LogP contribution in [-0.4, -0.2) is 21.8 Å². The Labute approximate surface area is 180 Å². The number of furan rings is 1. The average molecular weight is 422 g/mol. The molecule has 0 radical (unpaired) electrons. The Bertz CT molecular complexity index is 1130. The van der Waals surface area contributed by atoms with E-state index in [2.05, 4.69) is 20.4 Å². The van der Waals surface area contributed by atoms with Crippen LogP contribution >= 0.6 is 0 Å². The van der Waals surface area contributed by atoms with Gasteiger partial charge in [0, 0.05) is 13.1 Å². The summed E-state index contributed by atoms with van der Waals surface area (Å²) in [7, 11) is 1.46. The third kappa shape index (κ3) is 4.79. The normalized spacial score (nSPS) is 14.7. The minimum absolute atomic E-state index is 0.204. The smallest absolute Gasteiger partial charge is 0.329 e. The van der Waals surface area contributed by atoms with E-state index in [0.29, 0.717) is 17.9 Å². The van der Waals surface area contributed by atoms with Gasteiger partial charge in [0.2, 0.25) is 0 Å². The summed E-state index contributed by atoms with van der Waals surface area (Å²) in [5.74, 6) is 1.26. The summed E-state index contributed by atoms with van der Waals surface area (Å²) in [6.45, 7) is 0.466. The van der Waals surface area contributed by atoms with E-state index in [0.717, 1.165) is 41.7 Å². The number of anilines is 2. The lowest BCUT2D eigenvalue weighted by atomic mass is 9.94. The Morgan fingerprint density at radius 1 is 1.16 bits per heavy atom. The van der Waals surface area contributed by atoms with E-state index in [9.17, 15) is 9.59 Å². The highest BCUT2D eigenvalue weighted by molar-refractivity contribution is 5.86. The molecule has 2 heterocycles. The van der Waals surface area contributed by atoms with Gasteiger partial charge in [-0.3, -0.25) is 19.8 Å². The van der Waals surface area contributed by atoms with Gasteiger partial charge in [0.25, 0.3) is 5.56 Å². The molecule has 1 fully saturated rings. The molecule has 8 heteroatoms. The molecule has 0 aliphatic heterocycles. The fourth-order valence-corrected chi connectivity index (χ4v) is 4.01. The van der Waals surface area contributed by atoms with Gasteiger partial charge in [-0.15, -0.1) is 0 Å². The zero-order valence-corrected chi connectivity index (χ0v) is 17.6. The van der Waals surface area contributed by atoms with Gasteiger partial charge in [-0.2, -0.15) is 5.10 Å². The maximum atomic E-state index is 13.0. The number of para-hydroxylation sites is 1. The molecule has 0 atom stereocenters. The first kappa shape index (κ1) is 20.7. The molecular formula is C23H27N5O3. The lowest BCUT2D eigenvalue weighted by molar-refractivity contribution is 0.395. The Morgan fingerprint density at radius 2 is 1.94 bits per heavy atom. The minimum Gasteiger partial charge on any atom is -0.467 e. The molecule has 2 N–H and O–H groups in total. The Hall–Kier alpha value is -3.55. The van der Waals surface area contributed by atoms with Crippen molar-refractivity contribution < 1.29 is 4.42 Å². The average Bonchev–Trinajstić information content (AvgIpc) is 3.32. The fourth-order valence-electron chi connectivity index (χ4n) is 4.01. The molecule has 2 aromatic heterocycles. The molecule has 31 heavy (non-hydrogen) atoms. The van der Waals surface area contributed by atoms with Crippen LogP contribution in [0.4, 0.5) is 11.5 Å². The van der Waals surface area contributed by atoms with Gasteiger partial charge in [0.05, 0.1) is 24.7 Å². The van der Waals surface area contributed by atoms with Crippen LogP contribution in [0.2, 0.25) is 0 Å². The van der Waals surface area contributed by atoms with Gasteiger partial charge in [0.1, 0.15) is 17.1 Å². The molecule has 0 bridgehead atoms. The van der Waals surface area contributed by atoms with Gasteiger partial charge in [-0.25, -0.2) is 4.79 Å². The van der Waals surface area contributed by atoms with Crippen LogP contribution in [0.5, 0.6) is 0 Å². The molecule has 1 aromatic carbocycles. The van der Waals surface area contributed by atoms with Gasteiger partial charge in [-0.1, -0.05) is 37.5 Å². The van der Waals surface area contributed by atoms with Crippen LogP contribution in [0.3, 0.4) is 0 Å². The summed E-state index contributed by atoms with van der Waals surface area (Å²) >= 11 is 0. The van der Waals surface area contributed by atoms with Crippen molar-refractivity contribution in [1.29, 1.82) is 0 Å². The van der Waals surface area contributed by atoms with Crippen LogP contribution in [0.15, 0.2) is 67.8 Å². The lowest BCUT2D eigenvalue weighted by Gasteiger charge is -2.35. The van der Waals surface area contributed by atoms with Crippen LogP contribution in [-0.2, 0) is 13.6 Å². The van der Waals surface area contributed by atoms with Gasteiger partial charge < -0.3 is 9.32 Å². The van der Waals surface area contributed by atoms with Gasteiger partial charge in [0.15, 0.2) is 0 Å². The van der Waals surface area contributed by atoms with Gasteiger partial charge >= 0.3 is 5.69 Å². The van der Waals surface area contributed by atoms with Crippen LogP contribution in [0, 0.1) is 0 Å². The van der Waals surface area contributed by atoms with E-state index in [1.165, 1.54) is 19.7 Å². The molecule has 1 aliphatic carbocycles. The van der Waals surface area contributed by atoms with E-state index in [4.69, 9.17) is 4.42 Å². The standard InChI is InChI=1S/C23H27N5O3/c1-27-22(29)20(15-24-26-17-9-4-2-5-10-17)21(25-23(27)30)28(16-19-13-8-14-31-19)18-11-6-3-7-12-18/h2,4-5,8-10,13-15,18,26H,3,6-7,11-12,16H2,1H3,(H,25,30)/b24-15+. The summed E-state index contributed by atoms with van der Waals surface area (Å²) in [4.78, 5) is 30.5. The first-order valence-electron chi connectivity index (χ1n) is 10.6. The number of benzene rings is 1. The first-order valence-corrected chi connectivity index (χ1v) is 10.6. The predicted molar refractivity (Wildman–Crippen MR) is 122 cm³/mol. The van der Waals surface area contributed by atoms with E-state index in [1.807, 2.05) is 42.5 Å². The van der Waals surface area contributed by atoms with E-state index in [-0.39, 0.29) is 6.04 Å². The molecule has 0 amide bonds. The van der Waals surface area contributed by atoms with E-state index < -0.39 is 11.2 Å². The Morgan fingerprint density at radius 3 is 2.65 bits per heavy atom. The highest BCUT2D eigenvalue weighted by Crippen LogP contribution is 2.28. The second-order valence-electron chi connectivity index (χ2n) is 7.79. The summed E-state index contributed by atoms with van der Waals surface area (Å²) < 4.78 is 6.65. The van der Waals surface area contributed by atoms with Crippen LogP contribution in [0.25, 0.3) is 0 Å². The molecule has 0 spiro atoms. The summed E-state index contributed by atoms with van der Waals surface area (Å²) in [6, 6.07) is 13.4. The van der Waals surface area contributed by atoms with Crippen molar-refractivity contribution in [2.45, 2.75) is 44.7 Å². The van der Waals surface area contributed by atoms with Crippen LogP contribution in [0.1, 0.15) is 43.4 Å². The molecule has 8 nitrogen and oxygen atoms in total. The quantitative estimate of drug-likeness (QED) is 0.450. The molecule has 1 saturated carbocycles. The molecule has 162 valence electrons. The maximum Gasteiger partial charge on any atom is 0.329 e. The van der Waals surface area contributed by atoms with Crippen molar-refractivity contribution in [3.63, 3.8) is 0 Å². The summed E-state index contributed by atoms with van der Waals surface area (Å²) in [5, 5.41) is 4.27. The molecule has 0 saturated heterocycles. The summed E-state index contributed by atoms with van der Waals surface area (Å²) in [5.41, 5.74) is 3.24. The number of aromatic amines is 1. The SMILES string of the molecule is Cn1c(=O)[nH]c(N(Cc2ccco2)C2CCCCC2)c(/C=N/Nc2ccccc2)c1=O. The van der Waals surface area contributed by atoms with Crippen molar-refractivity contribution in [2.24, 2.45) is 12.1 Å². The third-order valence-corrected chi connectivity index (χ3v) is 5.69. The first-order chi connectivity index (χ1) is 15.1. The topological polar surface area (TPSA) is 95.6 Å². The number of hydrogen-bond acceptors (Lipinski definition) is 6. The van der Waals surface area contributed by atoms with Crippen molar-refractivity contribution in [3.8, 4) is 0 Å². The number of rotatable bonds is 7. The van der Waals surface area contributed by atoms with Gasteiger partial charge in [-0.05, 0) is 37.1 Å². The number of nitrogens with zero attached hydrogens (tertiary/aromatic N) is 3. The highest BCUT2D eigenvalue weighted by atomic mass is 16.3. The van der Waals surface area contributed by atoms with Crippen LogP contribution < -0.4 is 21.6 Å². The second-order valence-corrected chi connectivity index (χ2v) is 7.79. The fraction of sp³-hybridized carbons (Fsp3) is 0.348.